The number of hydrogen-bond donors (Lipinski definition) is 2. The van der Waals surface area contributed by atoms with Crippen LogP contribution in [-0.4, -0.2) is 60.4 Å². The lowest BCUT2D eigenvalue weighted by Gasteiger charge is -2.42. The number of alkyl halides is 1. The standard InChI is InChI=1S/C17H29ClN2O6Si/c1-16(2,3)27(5,6)26-13-12(24-4)14(25-17(13,9-18)10-21)20-8-7-11(22)19-15(20)23/h7-8,12-14,21H,9-10H2,1-6H3,(H,19,22,23)/t12-,13?,14+,17+/m0/s1. The monoisotopic (exact) mass is 420 g/mol. The Labute approximate surface area is 164 Å². The minimum Gasteiger partial charge on any atom is -0.408 e. The summed E-state index contributed by atoms with van der Waals surface area (Å²) in [6.45, 7) is 10.1. The molecule has 2 heterocycles. The van der Waals surface area contributed by atoms with Gasteiger partial charge in [0.05, 0.1) is 12.5 Å². The van der Waals surface area contributed by atoms with Gasteiger partial charge in [-0.1, -0.05) is 20.8 Å². The number of H-pyrrole nitrogens is 1. The number of halogens is 1. The number of aromatic nitrogens is 2. The number of ether oxygens (including phenoxy) is 2. The zero-order valence-electron chi connectivity index (χ0n) is 16.6. The third-order valence-corrected chi connectivity index (χ3v) is 10.5. The normalized spacial score (nSPS) is 29.3. The lowest BCUT2D eigenvalue weighted by Crippen LogP contribution is -2.56. The second-order valence-corrected chi connectivity index (χ2v) is 13.4. The Morgan fingerprint density at radius 3 is 2.48 bits per heavy atom. The third kappa shape index (κ3) is 4.08. The number of aromatic amines is 1. The Kier molecular flexibility index (Phi) is 6.45. The van der Waals surface area contributed by atoms with Crippen LogP contribution in [0.1, 0.15) is 27.0 Å². The molecule has 0 radical (unpaired) electrons. The van der Waals surface area contributed by atoms with Crippen LogP contribution in [0.2, 0.25) is 18.1 Å². The first-order chi connectivity index (χ1) is 12.4. The molecule has 0 aliphatic carbocycles. The summed E-state index contributed by atoms with van der Waals surface area (Å²) in [6, 6.07) is 1.22. The molecule has 1 aromatic rings. The van der Waals surface area contributed by atoms with E-state index in [0.29, 0.717) is 0 Å². The van der Waals surface area contributed by atoms with E-state index < -0.39 is 50.2 Å². The number of methoxy groups -OCH3 is 1. The number of rotatable bonds is 6. The van der Waals surface area contributed by atoms with Crippen molar-refractivity contribution in [3.05, 3.63) is 33.1 Å². The molecule has 1 aromatic heterocycles. The van der Waals surface area contributed by atoms with Gasteiger partial charge in [-0.15, -0.1) is 11.6 Å². The fourth-order valence-corrected chi connectivity index (χ4v) is 4.49. The van der Waals surface area contributed by atoms with Gasteiger partial charge in [-0.3, -0.25) is 14.3 Å². The van der Waals surface area contributed by atoms with Crippen LogP contribution < -0.4 is 11.2 Å². The molecule has 154 valence electrons. The van der Waals surface area contributed by atoms with E-state index in [9.17, 15) is 14.7 Å². The van der Waals surface area contributed by atoms with Gasteiger partial charge >= 0.3 is 5.69 Å². The Morgan fingerprint density at radius 1 is 1.41 bits per heavy atom. The van der Waals surface area contributed by atoms with Crippen LogP contribution in [0, 0.1) is 0 Å². The van der Waals surface area contributed by atoms with Gasteiger partial charge in [0, 0.05) is 19.4 Å². The smallest absolute Gasteiger partial charge is 0.330 e. The number of aliphatic hydroxyl groups is 1. The maximum Gasteiger partial charge on any atom is 0.330 e. The molecule has 1 aliphatic rings. The molecule has 4 atom stereocenters. The predicted octanol–water partition coefficient (Wildman–Crippen LogP) is 1.44. The number of nitrogens with zero attached hydrogens (tertiary/aromatic N) is 1. The summed E-state index contributed by atoms with van der Waals surface area (Å²) in [5, 5.41) is 10.0. The van der Waals surface area contributed by atoms with Crippen LogP contribution in [0.3, 0.4) is 0 Å². The fourth-order valence-electron chi connectivity index (χ4n) is 2.85. The highest BCUT2D eigenvalue weighted by molar-refractivity contribution is 6.74. The van der Waals surface area contributed by atoms with Gasteiger partial charge in [-0.2, -0.15) is 0 Å². The zero-order chi connectivity index (χ0) is 20.6. The van der Waals surface area contributed by atoms with Crippen LogP contribution >= 0.6 is 11.6 Å². The maximum atomic E-state index is 12.3. The Morgan fingerprint density at radius 2 is 2.04 bits per heavy atom. The molecule has 2 rings (SSSR count). The molecule has 0 aromatic carbocycles. The van der Waals surface area contributed by atoms with E-state index in [-0.39, 0.29) is 10.9 Å². The molecule has 2 N–H and O–H groups in total. The highest BCUT2D eigenvalue weighted by Crippen LogP contribution is 2.45. The van der Waals surface area contributed by atoms with Crippen LogP contribution in [-0.2, 0) is 13.9 Å². The van der Waals surface area contributed by atoms with E-state index in [1.54, 1.807) is 0 Å². The second kappa shape index (κ2) is 7.80. The van der Waals surface area contributed by atoms with Gasteiger partial charge in [0.25, 0.3) is 5.56 Å². The molecule has 1 fully saturated rings. The predicted molar refractivity (Wildman–Crippen MR) is 105 cm³/mol. The summed E-state index contributed by atoms with van der Waals surface area (Å²) < 4.78 is 19.5. The molecular weight excluding hydrogens is 392 g/mol. The molecule has 10 heteroatoms. The molecule has 1 unspecified atom stereocenters. The summed E-state index contributed by atoms with van der Waals surface area (Å²) in [4.78, 5) is 25.9. The van der Waals surface area contributed by atoms with Crippen LogP contribution in [0.4, 0.5) is 0 Å². The van der Waals surface area contributed by atoms with E-state index in [0.717, 1.165) is 0 Å². The summed E-state index contributed by atoms with van der Waals surface area (Å²) in [5.74, 6) is -0.0444. The average molecular weight is 421 g/mol. The van der Waals surface area contributed by atoms with Gasteiger partial charge in [0.15, 0.2) is 14.5 Å². The van der Waals surface area contributed by atoms with Crippen LogP contribution in [0.15, 0.2) is 21.9 Å². The zero-order valence-corrected chi connectivity index (χ0v) is 18.4. The average Bonchev–Trinajstić information content (AvgIpc) is 2.87. The van der Waals surface area contributed by atoms with Gasteiger partial charge in [-0.25, -0.2) is 4.79 Å². The molecule has 27 heavy (non-hydrogen) atoms. The molecule has 0 amide bonds. The van der Waals surface area contributed by atoms with E-state index in [4.69, 9.17) is 25.5 Å². The summed E-state index contributed by atoms with van der Waals surface area (Å²) in [6.07, 6.45) is -0.952. The minimum absolute atomic E-state index is 0.0444. The molecule has 0 bridgehead atoms. The van der Waals surface area contributed by atoms with Crippen molar-refractivity contribution in [2.24, 2.45) is 0 Å². The molecule has 0 saturated carbocycles. The van der Waals surface area contributed by atoms with Gasteiger partial charge in [0.2, 0.25) is 0 Å². The largest absolute Gasteiger partial charge is 0.408 e. The lowest BCUT2D eigenvalue weighted by atomic mass is 9.98. The van der Waals surface area contributed by atoms with E-state index in [1.165, 1.54) is 23.9 Å². The van der Waals surface area contributed by atoms with Crippen molar-refractivity contribution in [2.45, 2.75) is 62.9 Å². The van der Waals surface area contributed by atoms with Crippen molar-refractivity contribution in [1.82, 2.24) is 9.55 Å². The minimum atomic E-state index is -2.28. The van der Waals surface area contributed by atoms with Crippen molar-refractivity contribution in [2.75, 3.05) is 19.6 Å². The Hall–Kier alpha value is -0.973. The van der Waals surface area contributed by atoms with E-state index in [2.05, 4.69) is 38.8 Å². The van der Waals surface area contributed by atoms with Crippen molar-refractivity contribution >= 4 is 19.9 Å². The molecule has 8 nitrogen and oxygen atoms in total. The van der Waals surface area contributed by atoms with E-state index >= 15 is 0 Å². The highest BCUT2D eigenvalue weighted by atomic mass is 35.5. The van der Waals surface area contributed by atoms with Crippen molar-refractivity contribution < 1.29 is 19.0 Å². The first-order valence-corrected chi connectivity index (χ1v) is 12.2. The first-order valence-electron chi connectivity index (χ1n) is 8.79. The van der Waals surface area contributed by atoms with Crippen LogP contribution in [0.25, 0.3) is 0 Å². The van der Waals surface area contributed by atoms with E-state index in [1.807, 2.05) is 0 Å². The van der Waals surface area contributed by atoms with Crippen molar-refractivity contribution in [1.29, 1.82) is 0 Å². The second-order valence-electron chi connectivity index (χ2n) is 8.38. The SMILES string of the molecule is CO[C@H]1C(O[Si](C)(C)C(C)(C)C)[C@](CO)(CCl)O[C@H]1n1ccc(=O)[nH]c1=O. The fraction of sp³-hybridized carbons (Fsp3) is 0.765. The first kappa shape index (κ1) is 22.3. The van der Waals surface area contributed by atoms with Crippen molar-refractivity contribution in [3.63, 3.8) is 0 Å². The Balaban J connectivity index is 2.53. The highest BCUT2D eigenvalue weighted by Gasteiger charge is 2.59. The summed E-state index contributed by atoms with van der Waals surface area (Å²) >= 11 is 6.19. The molecule has 1 saturated heterocycles. The van der Waals surface area contributed by atoms with Crippen molar-refractivity contribution in [3.8, 4) is 0 Å². The molecule has 0 spiro atoms. The van der Waals surface area contributed by atoms with Crippen LogP contribution in [0.5, 0.6) is 0 Å². The number of hydrogen-bond acceptors (Lipinski definition) is 6. The van der Waals surface area contributed by atoms with Gasteiger partial charge in [-0.05, 0) is 18.1 Å². The van der Waals surface area contributed by atoms with Gasteiger partial charge in [0.1, 0.15) is 17.8 Å². The quantitative estimate of drug-likeness (QED) is 0.533. The van der Waals surface area contributed by atoms with Gasteiger partial charge < -0.3 is 19.0 Å². The summed E-state index contributed by atoms with van der Waals surface area (Å²) in [7, 11) is -0.790. The Bertz CT molecular complexity index is 768. The lowest BCUT2D eigenvalue weighted by molar-refractivity contribution is -0.114. The summed E-state index contributed by atoms with van der Waals surface area (Å²) in [5.41, 5.74) is -2.38. The molecule has 1 aliphatic heterocycles. The topological polar surface area (TPSA) is 103 Å². The third-order valence-electron chi connectivity index (χ3n) is 5.57. The molecular formula is C17H29ClN2O6Si. The number of nitrogens with one attached hydrogen (secondary N) is 1. The maximum absolute atomic E-state index is 12.3. The number of aliphatic hydroxyl groups excluding tert-OH is 1.